The van der Waals surface area contributed by atoms with Crippen LogP contribution in [0.15, 0.2) is 36.8 Å². The molecule has 0 fully saturated rings. The fourth-order valence-electron chi connectivity index (χ4n) is 2.04. The summed E-state index contributed by atoms with van der Waals surface area (Å²) in [4.78, 5) is 4.35. The fourth-order valence-corrected chi connectivity index (χ4v) is 2.04. The number of ether oxygens (including phenoxy) is 1. The third kappa shape index (κ3) is 3.07. The third-order valence-electron chi connectivity index (χ3n) is 3.12. The smallest absolute Gasteiger partial charge is 0.213 e. The van der Waals surface area contributed by atoms with E-state index in [0.29, 0.717) is 5.88 Å². The van der Waals surface area contributed by atoms with Crippen molar-refractivity contribution in [2.24, 2.45) is 7.05 Å². The summed E-state index contributed by atoms with van der Waals surface area (Å²) in [5.41, 5.74) is 2.66. The Bertz CT molecular complexity index is 732. The van der Waals surface area contributed by atoms with Gasteiger partial charge in [0, 0.05) is 25.9 Å². The molecule has 108 valence electrons. The Morgan fingerprint density at radius 3 is 2.86 bits per heavy atom. The lowest BCUT2D eigenvalue weighted by atomic mass is 10.2. The molecule has 0 bridgehead atoms. The predicted octanol–water partition coefficient (Wildman–Crippen LogP) is 1.32. The second-order valence-corrected chi connectivity index (χ2v) is 4.70. The summed E-state index contributed by atoms with van der Waals surface area (Å²) < 4.78 is 8.72. The Morgan fingerprint density at radius 2 is 2.10 bits per heavy atom. The van der Waals surface area contributed by atoms with Crippen molar-refractivity contribution in [2.75, 3.05) is 7.11 Å². The number of aryl methyl sites for hydroxylation is 3. The minimum atomic E-state index is 0.567. The van der Waals surface area contributed by atoms with Crippen LogP contribution in [0.2, 0.25) is 0 Å². The number of nitrogens with zero attached hydrogens (tertiary/aromatic N) is 6. The van der Waals surface area contributed by atoms with Crippen LogP contribution in [0.4, 0.5) is 0 Å². The summed E-state index contributed by atoms with van der Waals surface area (Å²) in [6.07, 6.45) is 6.61. The Kier molecular flexibility index (Phi) is 3.63. The maximum Gasteiger partial charge on any atom is 0.213 e. The largest absolute Gasteiger partial charge is 0.481 e. The van der Waals surface area contributed by atoms with E-state index in [0.717, 1.165) is 24.4 Å². The van der Waals surface area contributed by atoms with Crippen LogP contribution in [-0.2, 0) is 20.0 Å². The number of rotatable bonds is 5. The maximum absolute atomic E-state index is 5.12. The van der Waals surface area contributed by atoms with E-state index in [2.05, 4.69) is 20.4 Å². The highest BCUT2D eigenvalue weighted by Gasteiger charge is 2.07. The van der Waals surface area contributed by atoms with Gasteiger partial charge in [-0.25, -0.2) is 4.98 Å². The molecular formula is C14H16N6O. The molecule has 21 heavy (non-hydrogen) atoms. The minimum absolute atomic E-state index is 0.567. The van der Waals surface area contributed by atoms with Crippen molar-refractivity contribution in [1.29, 1.82) is 0 Å². The molecule has 0 N–H and O–H groups in total. The second-order valence-electron chi connectivity index (χ2n) is 4.70. The van der Waals surface area contributed by atoms with Crippen LogP contribution in [0.5, 0.6) is 5.88 Å². The van der Waals surface area contributed by atoms with Crippen molar-refractivity contribution < 1.29 is 4.74 Å². The van der Waals surface area contributed by atoms with Gasteiger partial charge in [-0.05, 0) is 18.1 Å². The average molecular weight is 284 g/mol. The SMILES string of the molecule is COc1cccc(-c2cn(CCc3cnn(C)c3)nn2)n1. The Morgan fingerprint density at radius 1 is 1.19 bits per heavy atom. The Labute approximate surface area is 122 Å². The first-order valence-corrected chi connectivity index (χ1v) is 6.63. The summed E-state index contributed by atoms with van der Waals surface area (Å²) in [5.74, 6) is 0.567. The van der Waals surface area contributed by atoms with E-state index in [-0.39, 0.29) is 0 Å². The van der Waals surface area contributed by atoms with Crippen LogP contribution in [0.1, 0.15) is 5.56 Å². The lowest BCUT2D eigenvalue weighted by Gasteiger charge is -2.00. The minimum Gasteiger partial charge on any atom is -0.481 e. The Hall–Kier alpha value is -2.70. The van der Waals surface area contributed by atoms with Gasteiger partial charge in [-0.3, -0.25) is 9.36 Å². The van der Waals surface area contributed by atoms with E-state index < -0.39 is 0 Å². The van der Waals surface area contributed by atoms with E-state index in [4.69, 9.17) is 4.74 Å². The first kappa shape index (κ1) is 13.3. The van der Waals surface area contributed by atoms with Gasteiger partial charge < -0.3 is 4.74 Å². The van der Waals surface area contributed by atoms with Gasteiger partial charge in [0.25, 0.3) is 0 Å². The zero-order valence-electron chi connectivity index (χ0n) is 12.0. The molecule has 0 amide bonds. The zero-order chi connectivity index (χ0) is 14.7. The molecule has 7 nitrogen and oxygen atoms in total. The molecule has 3 heterocycles. The second kappa shape index (κ2) is 5.74. The van der Waals surface area contributed by atoms with Crippen LogP contribution >= 0.6 is 0 Å². The lowest BCUT2D eigenvalue weighted by Crippen LogP contribution is -2.01. The van der Waals surface area contributed by atoms with Gasteiger partial charge in [-0.15, -0.1) is 5.10 Å². The molecule has 0 atom stereocenters. The molecule has 0 aliphatic heterocycles. The molecule has 7 heteroatoms. The standard InChI is InChI=1S/C14H16N6O/c1-19-9-11(8-15-19)6-7-20-10-13(17-18-20)12-4-3-5-14(16-12)21-2/h3-5,8-10H,6-7H2,1-2H3. The van der Waals surface area contributed by atoms with Gasteiger partial charge >= 0.3 is 0 Å². The molecule has 0 aliphatic carbocycles. The Balaban J connectivity index is 1.70. The van der Waals surface area contributed by atoms with Crippen LogP contribution in [0.3, 0.4) is 0 Å². The predicted molar refractivity (Wildman–Crippen MR) is 76.7 cm³/mol. The van der Waals surface area contributed by atoms with Gasteiger partial charge in [-0.2, -0.15) is 5.10 Å². The van der Waals surface area contributed by atoms with Crippen molar-refractivity contribution >= 4 is 0 Å². The quantitative estimate of drug-likeness (QED) is 0.706. The lowest BCUT2D eigenvalue weighted by molar-refractivity contribution is 0.398. The van der Waals surface area contributed by atoms with Crippen molar-refractivity contribution in [3.05, 3.63) is 42.4 Å². The van der Waals surface area contributed by atoms with E-state index in [1.807, 2.05) is 42.5 Å². The third-order valence-corrected chi connectivity index (χ3v) is 3.12. The molecule has 0 aliphatic rings. The normalized spacial score (nSPS) is 10.8. The van der Waals surface area contributed by atoms with Crippen molar-refractivity contribution in [3.8, 4) is 17.3 Å². The van der Waals surface area contributed by atoms with E-state index >= 15 is 0 Å². The van der Waals surface area contributed by atoms with Gasteiger partial charge in [-0.1, -0.05) is 11.3 Å². The number of pyridine rings is 1. The first-order chi connectivity index (χ1) is 10.2. The molecule has 0 saturated heterocycles. The van der Waals surface area contributed by atoms with Crippen molar-refractivity contribution in [2.45, 2.75) is 13.0 Å². The topological polar surface area (TPSA) is 70.7 Å². The highest BCUT2D eigenvalue weighted by atomic mass is 16.5. The van der Waals surface area contributed by atoms with Gasteiger partial charge in [0.05, 0.1) is 25.2 Å². The number of methoxy groups -OCH3 is 1. The van der Waals surface area contributed by atoms with Crippen molar-refractivity contribution in [3.63, 3.8) is 0 Å². The molecule has 3 rings (SSSR count). The molecule has 0 unspecified atom stereocenters. The zero-order valence-corrected chi connectivity index (χ0v) is 12.0. The van der Waals surface area contributed by atoms with Gasteiger partial charge in [0.2, 0.25) is 5.88 Å². The van der Waals surface area contributed by atoms with Crippen LogP contribution in [0.25, 0.3) is 11.4 Å². The molecule has 3 aromatic rings. The molecular weight excluding hydrogens is 268 g/mol. The number of hydrogen-bond acceptors (Lipinski definition) is 5. The van der Waals surface area contributed by atoms with Crippen LogP contribution in [0, 0.1) is 0 Å². The molecule has 3 aromatic heterocycles. The van der Waals surface area contributed by atoms with E-state index in [1.54, 1.807) is 17.9 Å². The summed E-state index contributed by atoms with van der Waals surface area (Å²) in [6, 6.07) is 5.57. The highest BCUT2D eigenvalue weighted by molar-refractivity contribution is 5.52. The number of hydrogen-bond donors (Lipinski definition) is 0. The molecule has 0 saturated carbocycles. The summed E-state index contributed by atoms with van der Waals surface area (Å²) in [6.45, 7) is 0.753. The summed E-state index contributed by atoms with van der Waals surface area (Å²) >= 11 is 0. The first-order valence-electron chi connectivity index (χ1n) is 6.63. The van der Waals surface area contributed by atoms with Crippen LogP contribution < -0.4 is 4.74 Å². The van der Waals surface area contributed by atoms with Gasteiger partial charge in [0.1, 0.15) is 5.69 Å². The van der Waals surface area contributed by atoms with E-state index in [1.165, 1.54) is 5.56 Å². The average Bonchev–Trinajstić information content (AvgIpc) is 3.14. The molecule has 0 spiro atoms. The molecule has 0 radical (unpaired) electrons. The monoisotopic (exact) mass is 284 g/mol. The van der Waals surface area contributed by atoms with Gasteiger partial charge in [0.15, 0.2) is 0 Å². The molecule has 0 aromatic carbocycles. The highest BCUT2D eigenvalue weighted by Crippen LogP contribution is 2.16. The number of aromatic nitrogens is 6. The van der Waals surface area contributed by atoms with Crippen LogP contribution in [-0.4, -0.2) is 36.9 Å². The van der Waals surface area contributed by atoms with E-state index in [9.17, 15) is 0 Å². The van der Waals surface area contributed by atoms with Crippen molar-refractivity contribution in [1.82, 2.24) is 29.8 Å². The summed E-state index contributed by atoms with van der Waals surface area (Å²) in [7, 11) is 3.50. The maximum atomic E-state index is 5.12. The summed E-state index contributed by atoms with van der Waals surface area (Å²) in [5, 5.41) is 12.4. The fraction of sp³-hybridized carbons (Fsp3) is 0.286.